The quantitative estimate of drug-likeness (QED) is 0.836. The van der Waals surface area contributed by atoms with Gasteiger partial charge in [-0.25, -0.2) is 13.6 Å². The highest BCUT2D eigenvalue weighted by atomic mass is 19.1. The van der Waals surface area contributed by atoms with Crippen LogP contribution in [0.15, 0.2) is 36.4 Å². The molecule has 0 saturated heterocycles. The van der Waals surface area contributed by atoms with E-state index in [1.54, 1.807) is 0 Å². The van der Waals surface area contributed by atoms with Crippen molar-refractivity contribution in [3.05, 3.63) is 53.6 Å². The third-order valence-electron chi connectivity index (χ3n) is 2.39. The molecular formula is C13H9F2NO3. The lowest BCUT2D eigenvalue weighted by Gasteiger charge is -2.10. The molecular weight excluding hydrogens is 256 g/mol. The van der Waals surface area contributed by atoms with Gasteiger partial charge in [0.1, 0.15) is 5.82 Å². The van der Waals surface area contributed by atoms with E-state index in [-0.39, 0.29) is 17.2 Å². The van der Waals surface area contributed by atoms with Gasteiger partial charge in [0.2, 0.25) is 0 Å². The normalized spacial score (nSPS) is 10.2. The van der Waals surface area contributed by atoms with E-state index >= 15 is 0 Å². The Bertz CT molecular complexity index is 644. The van der Waals surface area contributed by atoms with Crippen LogP contribution in [0, 0.1) is 11.6 Å². The fourth-order valence-electron chi connectivity index (χ4n) is 1.47. The van der Waals surface area contributed by atoms with E-state index in [9.17, 15) is 13.6 Å². The zero-order valence-corrected chi connectivity index (χ0v) is 9.56. The Hall–Kier alpha value is -2.63. The summed E-state index contributed by atoms with van der Waals surface area (Å²) in [4.78, 5) is 10.7. The lowest BCUT2D eigenvalue weighted by molar-refractivity contribution is 0.0692. The van der Waals surface area contributed by atoms with E-state index in [0.717, 1.165) is 12.1 Å². The second-order valence-electron chi connectivity index (χ2n) is 3.71. The zero-order chi connectivity index (χ0) is 14.0. The highest BCUT2D eigenvalue weighted by Gasteiger charge is 2.15. The predicted octanol–water partition coefficient (Wildman–Crippen LogP) is 3.04. The molecule has 0 unspecified atom stereocenters. The molecule has 0 heterocycles. The van der Waals surface area contributed by atoms with Gasteiger partial charge in [0, 0.05) is 6.07 Å². The van der Waals surface area contributed by atoms with Crippen LogP contribution in [0.4, 0.5) is 14.5 Å². The number of rotatable bonds is 3. The molecule has 4 nitrogen and oxygen atoms in total. The number of aromatic carboxylic acids is 1. The molecule has 0 amide bonds. The number of carbonyl (C=O) groups is 1. The van der Waals surface area contributed by atoms with Crippen molar-refractivity contribution in [2.75, 3.05) is 5.73 Å². The Balaban J connectivity index is 2.39. The van der Waals surface area contributed by atoms with Gasteiger partial charge in [0.15, 0.2) is 17.3 Å². The largest absolute Gasteiger partial charge is 0.478 e. The van der Waals surface area contributed by atoms with E-state index in [1.165, 1.54) is 24.3 Å². The molecule has 0 aromatic heterocycles. The molecule has 3 N–H and O–H groups in total. The summed E-state index contributed by atoms with van der Waals surface area (Å²) >= 11 is 0. The standard InChI is InChI=1S/C13H9F2NO3/c14-8-3-1-2-4-11(8)19-12-6-9(15)7(13(17)18)5-10(12)16/h1-6H,16H2,(H,17,18). The number of carboxylic acids is 1. The molecule has 0 atom stereocenters. The Kier molecular flexibility index (Phi) is 3.33. The maximum absolute atomic E-state index is 13.5. The summed E-state index contributed by atoms with van der Waals surface area (Å²) in [5.41, 5.74) is 4.88. The Morgan fingerprint density at radius 1 is 1.11 bits per heavy atom. The fourth-order valence-corrected chi connectivity index (χ4v) is 1.47. The number of nitrogen functional groups attached to an aromatic ring is 1. The molecule has 0 bridgehead atoms. The third-order valence-corrected chi connectivity index (χ3v) is 2.39. The van der Waals surface area contributed by atoms with Crippen LogP contribution in [0.2, 0.25) is 0 Å². The Morgan fingerprint density at radius 2 is 1.79 bits per heavy atom. The van der Waals surface area contributed by atoms with Gasteiger partial charge in [0.25, 0.3) is 0 Å². The van der Waals surface area contributed by atoms with Crippen molar-refractivity contribution < 1.29 is 23.4 Å². The van der Waals surface area contributed by atoms with Crippen LogP contribution < -0.4 is 10.5 Å². The lowest BCUT2D eigenvalue weighted by Crippen LogP contribution is -2.03. The van der Waals surface area contributed by atoms with Crippen LogP contribution in [-0.4, -0.2) is 11.1 Å². The topological polar surface area (TPSA) is 72.6 Å². The van der Waals surface area contributed by atoms with Gasteiger partial charge in [-0.3, -0.25) is 0 Å². The van der Waals surface area contributed by atoms with Gasteiger partial charge in [0.05, 0.1) is 11.3 Å². The second kappa shape index (κ2) is 4.93. The van der Waals surface area contributed by atoms with Gasteiger partial charge >= 0.3 is 5.97 Å². The fraction of sp³-hybridized carbons (Fsp3) is 0. The van der Waals surface area contributed by atoms with Gasteiger partial charge in [-0.2, -0.15) is 0 Å². The first kappa shape index (κ1) is 12.8. The minimum atomic E-state index is -1.44. The first-order valence-corrected chi connectivity index (χ1v) is 5.23. The SMILES string of the molecule is Nc1cc(C(=O)O)c(F)cc1Oc1ccccc1F. The van der Waals surface area contributed by atoms with Crippen molar-refractivity contribution in [1.29, 1.82) is 0 Å². The molecule has 6 heteroatoms. The summed E-state index contributed by atoms with van der Waals surface area (Å²) < 4.78 is 32.0. The molecule has 98 valence electrons. The molecule has 0 aliphatic rings. The minimum absolute atomic E-state index is 0.0953. The number of nitrogens with two attached hydrogens (primary N) is 1. The van der Waals surface area contributed by atoms with E-state index in [2.05, 4.69) is 0 Å². The highest BCUT2D eigenvalue weighted by molar-refractivity contribution is 5.89. The third kappa shape index (κ3) is 2.62. The summed E-state index contributed by atoms with van der Waals surface area (Å²) in [6.07, 6.45) is 0. The van der Waals surface area contributed by atoms with E-state index in [4.69, 9.17) is 15.6 Å². The van der Waals surface area contributed by atoms with Crippen molar-refractivity contribution >= 4 is 11.7 Å². The van der Waals surface area contributed by atoms with Crippen molar-refractivity contribution in [3.63, 3.8) is 0 Å². The molecule has 2 rings (SSSR count). The number of para-hydroxylation sites is 1. The summed E-state index contributed by atoms with van der Waals surface area (Å²) in [5, 5.41) is 8.72. The van der Waals surface area contributed by atoms with Crippen molar-refractivity contribution in [1.82, 2.24) is 0 Å². The molecule has 19 heavy (non-hydrogen) atoms. The van der Waals surface area contributed by atoms with Gasteiger partial charge < -0.3 is 15.6 Å². The number of halogens is 2. The predicted molar refractivity (Wildman–Crippen MR) is 64.2 cm³/mol. The molecule has 0 aliphatic heterocycles. The number of carboxylic acid groups (broad SMARTS) is 1. The van der Waals surface area contributed by atoms with Gasteiger partial charge in [-0.15, -0.1) is 0 Å². The molecule has 0 fully saturated rings. The van der Waals surface area contributed by atoms with E-state index in [1.807, 2.05) is 0 Å². The molecule has 0 spiro atoms. The van der Waals surface area contributed by atoms with Crippen molar-refractivity contribution in [2.24, 2.45) is 0 Å². The number of ether oxygens (including phenoxy) is 1. The monoisotopic (exact) mass is 265 g/mol. The highest BCUT2D eigenvalue weighted by Crippen LogP contribution is 2.31. The summed E-state index contributed by atoms with van der Waals surface area (Å²) in [7, 11) is 0. The Labute approximate surface area is 107 Å². The summed E-state index contributed by atoms with van der Waals surface area (Å²) in [6.45, 7) is 0. The average molecular weight is 265 g/mol. The van der Waals surface area contributed by atoms with Crippen LogP contribution in [0.25, 0.3) is 0 Å². The summed E-state index contributed by atoms with van der Waals surface area (Å²) in [6, 6.07) is 7.26. The van der Waals surface area contributed by atoms with Crippen molar-refractivity contribution in [3.8, 4) is 11.5 Å². The lowest BCUT2D eigenvalue weighted by atomic mass is 10.1. The first-order valence-electron chi connectivity index (χ1n) is 5.23. The van der Waals surface area contributed by atoms with Crippen LogP contribution >= 0.6 is 0 Å². The number of benzene rings is 2. The zero-order valence-electron chi connectivity index (χ0n) is 9.56. The minimum Gasteiger partial charge on any atom is -0.478 e. The second-order valence-corrected chi connectivity index (χ2v) is 3.71. The maximum atomic E-state index is 13.5. The smallest absolute Gasteiger partial charge is 0.338 e. The average Bonchev–Trinajstić information content (AvgIpc) is 2.35. The molecule has 2 aromatic rings. The first-order chi connectivity index (χ1) is 8.99. The number of hydrogen-bond acceptors (Lipinski definition) is 3. The Morgan fingerprint density at radius 3 is 2.42 bits per heavy atom. The number of hydrogen-bond donors (Lipinski definition) is 2. The van der Waals surface area contributed by atoms with E-state index < -0.39 is 23.2 Å². The van der Waals surface area contributed by atoms with Crippen LogP contribution in [0.3, 0.4) is 0 Å². The maximum Gasteiger partial charge on any atom is 0.338 e. The molecule has 0 saturated carbocycles. The van der Waals surface area contributed by atoms with Crippen LogP contribution in [0.1, 0.15) is 10.4 Å². The van der Waals surface area contributed by atoms with Crippen molar-refractivity contribution in [2.45, 2.75) is 0 Å². The van der Waals surface area contributed by atoms with Gasteiger partial charge in [-0.1, -0.05) is 12.1 Å². The molecule has 0 radical (unpaired) electrons. The molecule has 2 aromatic carbocycles. The summed E-state index contributed by atoms with van der Waals surface area (Å²) in [5.74, 6) is -3.36. The van der Waals surface area contributed by atoms with Crippen LogP contribution in [0.5, 0.6) is 11.5 Å². The molecule has 0 aliphatic carbocycles. The van der Waals surface area contributed by atoms with Gasteiger partial charge in [-0.05, 0) is 18.2 Å². The van der Waals surface area contributed by atoms with E-state index in [0.29, 0.717) is 0 Å². The van der Waals surface area contributed by atoms with Crippen LogP contribution in [-0.2, 0) is 0 Å². The number of anilines is 1.